The minimum atomic E-state index is -0.664. The van der Waals surface area contributed by atoms with Crippen molar-refractivity contribution in [3.8, 4) is 17.6 Å². The minimum Gasteiger partial charge on any atom is -0.493 e. The second-order valence-electron chi connectivity index (χ2n) is 4.98. The number of ether oxygens (including phenoxy) is 3. The van der Waals surface area contributed by atoms with Crippen LogP contribution in [0.15, 0.2) is 23.8 Å². The summed E-state index contributed by atoms with van der Waals surface area (Å²) in [5, 5.41) is 8.98. The van der Waals surface area contributed by atoms with Gasteiger partial charge in [0.05, 0.1) is 20.8 Å². The molecule has 1 aromatic rings. The highest BCUT2D eigenvalue weighted by atomic mass is 16.5. The van der Waals surface area contributed by atoms with Crippen LogP contribution in [-0.4, -0.2) is 26.8 Å². The van der Waals surface area contributed by atoms with Crippen LogP contribution in [0.1, 0.15) is 38.2 Å². The molecule has 5 nitrogen and oxygen atoms in total. The van der Waals surface area contributed by atoms with Crippen LogP contribution in [0.5, 0.6) is 11.5 Å². The maximum absolute atomic E-state index is 11.4. The molecule has 23 heavy (non-hydrogen) atoms. The Labute approximate surface area is 137 Å². The zero-order chi connectivity index (χ0) is 17.1. The number of unbranched alkanes of at least 4 members (excludes halogenated alkanes) is 3. The summed E-state index contributed by atoms with van der Waals surface area (Å²) in [7, 11) is 2.79. The SMILES string of the molecule is CCCCCCOc1ccc(/C=C(/C#N)C(=O)OC)cc1OC. The second kappa shape index (κ2) is 10.3. The molecule has 0 amide bonds. The van der Waals surface area contributed by atoms with E-state index in [1.807, 2.05) is 6.07 Å². The molecule has 0 unspecified atom stereocenters. The number of nitrogens with zero attached hydrogens (tertiary/aromatic N) is 1. The molecule has 0 aliphatic rings. The van der Waals surface area contributed by atoms with Crippen LogP contribution in [0, 0.1) is 11.3 Å². The first-order chi connectivity index (χ1) is 11.2. The summed E-state index contributed by atoms with van der Waals surface area (Å²) in [4.78, 5) is 11.4. The van der Waals surface area contributed by atoms with E-state index in [9.17, 15) is 4.79 Å². The zero-order valence-corrected chi connectivity index (χ0v) is 13.9. The molecule has 0 fully saturated rings. The van der Waals surface area contributed by atoms with Crippen molar-refractivity contribution in [3.63, 3.8) is 0 Å². The molecular formula is C18H23NO4. The minimum absolute atomic E-state index is 0.0669. The van der Waals surface area contributed by atoms with Crippen LogP contribution in [0.4, 0.5) is 0 Å². The topological polar surface area (TPSA) is 68.5 Å². The molecule has 0 saturated carbocycles. The fraction of sp³-hybridized carbons (Fsp3) is 0.444. The van der Waals surface area contributed by atoms with Crippen molar-refractivity contribution in [1.82, 2.24) is 0 Å². The highest BCUT2D eigenvalue weighted by Crippen LogP contribution is 2.29. The van der Waals surface area contributed by atoms with E-state index >= 15 is 0 Å². The highest BCUT2D eigenvalue weighted by molar-refractivity contribution is 5.97. The third kappa shape index (κ3) is 6.03. The van der Waals surface area contributed by atoms with Gasteiger partial charge in [0.1, 0.15) is 11.6 Å². The summed E-state index contributed by atoms with van der Waals surface area (Å²) in [5.41, 5.74) is 0.602. The number of benzene rings is 1. The summed E-state index contributed by atoms with van der Waals surface area (Å²) >= 11 is 0. The van der Waals surface area contributed by atoms with E-state index in [1.165, 1.54) is 26.0 Å². The molecule has 0 heterocycles. The van der Waals surface area contributed by atoms with Gasteiger partial charge in [0.15, 0.2) is 11.5 Å². The highest BCUT2D eigenvalue weighted by Gasteiger charge is 2.10. The summed E-state index contributed by atoms with van der Waals surface area (Å²) < 4.78 is 15.6. The smallest absolute Gasteiger partial charge is 0.348 e. The van der Waals surface area contributed by atoms with Crippen molar-refractivity contribution >= 4 is 12.0 Å². The quantitative estimate of drug-likeness (QED) is 0.300. The fourth-order valence-corrected chi connectivity index (χ4v) is 2.02. The van der Waals surface area contributed by atoms with E-state index < -0.39 is 5.97 Å². The lowest BCUT2D eigenvalue weighted by Crippen LogP contribution is -2.03. The van der Waals surface area contributed by atoms with Gasteiger partial charge < -0.3 is 14.2 Å². The van der Waals surface area contributed by atoms with Crippen LogP contribution in [0.2, 0.25) is 0 Å². The predicted molar refractivity (Wildman–Crippen MR) is 88.2 cm³/mol. The van der Waals surface area contributed by atoms with Crippen LogP contribution in [0.3, 0.4) is 0 Å². The lowest BCUT2D eigenvalue weighted by atomic mass is 10.1. The van der Waals surface area contributed by atoms with Crippen molar-refractivity contribution in [3.05, 3.63) is 29.3 Å². The normalized spacial score (nSPS) is 10.8. The molecule has 0 bridgehead atoms. The van der Waals surface area contributed by atoms with Crippen molar-refractivity contribution < 1.29 is 19.0 Å². The van der Waals surface area contributed by atoms with Gasteiger partial charge in [-0.3, -0.25) is 0 Å². The lowest BCUT2D eigenvalue weighted by molar-refractivity contribution is -0.135. The second-order valence-corrected chi connectivity index (χ2v) is 4.98. The first-order valence-corrected chi connectivity index (χ1v) is 7.67. The summed E-state index contributed by atoms with van der Waals surface area (Å²) in [6, 6.07) is 7.09. The fourth-order valence-electron chi connectivity index (χ4n) is 2.02. The average Bonchev–Trinajstić information content (AvgIpc) is 2.59. The predicted octanol–water partition coefficient (Wildman–Crippen LogP) is 3.73. The number of nitriles is 1. The molecule has 0 aliphatic heterocycles. The van der Waals surface area contributed by atoms with Crippen molar-refractivity contribution in [2.75, 3.05) is 20.8 Å². The number of carbonyl (C=O) groups excluding carboxylic acids is 1. The molecule has 0 aliphatic carbocycles. The van der Waals surface area contributed by atoms with Crippen molar-refractivity contribution in [2.45, 2.75) is 32.6 Å². The third-order valence-electron chi connectivity index (χ3n) is 3.28. The molecule has 1 aromatic carbocycles. The lowest BCUT2D eigenvalue weighted by Gasteiger charge is -2.11. The van der Waals surface area contributed by atoms with Gasteiger partial charge in [-0.05, 0) is 30.2 Å². The molecule has 0 atom stereocenters. The molecule has 5 heteroatoms. The molecule has 0 radical (unpaired) electrons. The Morgan fingerprint density at radius 3 is 2.61 bits per heavy atom. The van der Waals surface area contributed by atoms with Gasteiger partial charge in [0.25, 0.3) is 0 Å². The van der Waals surface area contributed by atoms with Crippen molar-refractivity contribution in [2.24, 2.45) is 0 Å². The van der Waals surface area contributed by atoms with Gasteiger partial charge in [-0.15, -0.1) is 0 Å². The number of hydrogen-bond acceptors (Lipinski definition) is 5. The molecule has 1 rings (SSSR count). The Morgan fingerprint density at radius 1 is 1.22 bits per heavy atom. The van der Waals surface area contributed by atoms with Crippen LogP contribution in [-0.2, 0) is 9.53 Å². The summed E-state index contributed by atoms with van der Waals surface area (Å²) in [6.07, 6.45) is 5.99. The Bertz CT molecular complexity index is 587. The Kier molecular flexibility index (Phi) is 8.30. The van der Waals surface area contributed by atoms with Gasteiger partial charge in [-0.25, -0.2) is 4.79 Å². The molecule has 0 N–H and O–H groups in total. The van der Waals surface area contributed by atoms with Gasteiger partial charge in [-0.2, -0.15) is 5.26 Å². The van der Waals surface area contributed by atoms with Gasteiger partial charge in [0, 0.05) is 0 Å². The Morgan fingerprint density at radius 2 is 2.00 bits per heavy atom. The molecule has 0 saturated heterocycles. The first-order valence-electron chi connectivity index (χ1n) is 7.67. The first kappa shape index (κ1) is 18.6. The van der Waals surface area contributed by atoms with Gasteiger partial charge in [0.2, 0.25) is 0 Å². The van der Waals surface area contributed by atoms with Gasteiger partial charge >= 0.3 is 5.97 Å². The average molecular weight is 317 g/mol. The van der Waals surface area contributed by atoms with Crippen molar-refractivity contribution in [1.29, 1.82) is 5.26 Å². The molecule has 0 aromatic heterocycles. The number of carbonyl (C=O) groups is 1. The Hall–Kier alpha value is -2.48. The van der Waals surface area contributed by atoms with Crippen LogP contribution in [0.25, 0.3) is 6.08 Å². The van der Waals surface area contributed by atoms with E-state index in [-0.39, 0.29) is 5.57 Å². The number of methoxy groups -OCH3 is 2. The molecular weight excluding hydrogens is 294 g/mol. The number of esters is 1. The zero-order valence-electron chi connectivity index (χ0n) is 13.9. The largest absolute Gasteiger partial charge is 0.493 e. The summed E-state index contributed by atoms with van der Waals surface area (Å²) in [5.74, 6) is 0.553. The van der Waals surface area contributed by atoms with E-state index in [0.29, 0.717) is 23.7 Å². The third-order valence-corrected chi connectivity index (χ3v) is 3.28. The number of rotatable bonds is 9. The standard InChI is InChI=1S/C18H23NO4/c1-4-5-6-7-10-23-16-9-8-14(12-17(16)21-2)11-15(13-19)18(20)22-3/h8-9,11-12H,4-7,10H2,1-3H3/b15-11-. The van der Waals surface area contributed by atoms with Gasteiger partial charge in [-0.1, -0.05) is 32.3 Å². The molecule has 0 spiro atoms. The van der Waals surface area contributed by atoms with Crippen LogP contribution >= 0.6 is 0 Å². The van der Waals surface area contributed by atoms with Crippen LogP contribution < -0.4 is 9.47 Å². The van der Waals surface area contributed by atoms with E-state index in [4.69, 9.17) is 14.7 Å². The summed E-state index contributed by atoms with van der Waals surface area (Å²) in [6.45, 7) is 2.80. The van der Waals surface area contributed by atoms with E-state index in [2.05, 4.69) is 11.7 Å². The Balaban J connectivity index is 2.81. The number of hydrogen-bond donors (Lipinski definition) is 0. The maximum atomic E-state index is 11.4. The molecule has 124 valence electrons. The van der Waals surface area contributed by atoms with E-state index in [1.54, 1.807) is 25.3 Å². The van der Waals surface area contributed by atoms with E-state index in [0.717, 1.165) is 12.8 Å². The maximum Gasteiger partial charge on any atom is 0.348 e. The monoisotopic (exact) mass is 317 g/mol.